The van der Waals surface area contributed by atoms with Gasteiger partial charge in [-0.15, -0.1) is 0 Å². The van der Waals surface area contributed by atoms with Crippen LogP contribution in [0, 0.1) is 0 Å². The van der Waals surface area contributed by atoms with Crippen molar-refractivity contribution in [3.05, 3.63) is 60.0 Å². The zero-order chi connectivity index (χ0) is 15.3. The number of aromatic nitrogens is 2. The van der Waals surface area contributed by atoms with Gasteiger partial charge in [0.05, 0.1) is 23.6 Å². The molecule has 1 aromatic carbocycles. The Balaban J connectivity index is 1.86. The molecule has 0 saturated carbocycles. The Hall–Kier alpha value is -3.02. The van der Waals surface area contributed by atoms with Crippen molar-refractivity contribution in [2.45, 2.75) is 13.0 Å². The summed E-state index contributed by atoms with van der Waals surface area (Å²) in [5, 5.41) is 10.1. The maximum Gasteiger partial charge on any atom is 0.294 e. The van der Waals surface area contributed by atoms with Gasteiger partial charge in [0.1, 0.15) is 11.8 Å². The number of fused-ring (bicyclic) bond motifs is 1. The van der Waals surface area contributed by atoms with Gasteiger partial charge in [0, 0.05) is 11.3 Å². The van der Waals surface area contributed by atoms with Crippen LogP contribution in [0.25, 0.3) is 11.0 Å². The van der Waals surface area contributed by atoms with Gasteiger partial charge in [0.15, 0.2) is 5.76 Å². The Morgan fingerprint density at radius 3 is 3.00 bits per heavy atom. The van der Waals surface area contributed by atoms with E-state index in [0.29, 0.717) is 17.0 Å². The van der Waals surface area contributed by atoms with Crippen molar-refractivity contribution in [1.29, 1.82) is 0 Å². The summed E-state index contributed by atoms with van der Waals surface area (Å²) in [6.45, 7) is 1.73. The second-order valence-corrected chi connectivity index (χ2v) is 5.23. The van der Waals surface area contributed by atoms with Crippen LogP contribution in [-0.2, 0) is 4.79 Å². The van der Waals surface area contributed by atoms with Gasteiger partial charge < -0.3 is 14.5 Å². The molecule has 4 rings (SSSR count). The summed E-state index contributed by atoms with van der Waals surface area (Å²) in [7, 11) is 0. The molecule has 0 spiro atoms. The first-order valence-corrected chi connectivity index (χ1v) is 6.86. The van der Waals surface area contributed by atoms with Crippen LogP contribution in [0.1, 0.15) is 18.7 Å². The van der Waals surface area contributed by atoms with E-state index < -0.39 is 11.9 Å². The minimum Gasteiger partial charge on any atom is -0.503 e. The Morgan fingerprint density at radius 2 is 2.23 bits per heavy atom. The number of hydrogen-bond acceptors (Lipinski definition) is 4. The van der Waals surface area contributed by atoms with E-state index in [1.165, 1.54) is 4.90 Å². The highest BCUT2D eigenvalue weighted by atomic mass is 16.3. The lowest BCUT2D eigenvalue weighted by atomic mass is 10.1. The van der Waals surface area contributed by atoms with E-state index in [1.54, 1.807) is 31.6 Å². The SMILES string of the molecule is CC1=C(O)C(=O)N(c2ccc3[nH]cnc3c2)C1c1ccco1. The van der Waals surface area contributed by atoms with Crippen LogP contribution in [0.4, 0.5) is 5.69 Å². The molecular weight excluding hydrogens is 282 g/mol. The quantitative estimate of drug-likeness (QED) is 0.761. The molecule has 0 aliphatic carbocycles. The summed E-state index contributed by atoms with van der Waals surface area (Å²) in [4.78, 5) is 21.2. The molecule has 2 aromatic heterocycles. The third kappa shape index (κ3) is 1.67. The van der Waals surface area contributed by atoms with Crippen molar-refractivity contribution in [3.8, 4) is 0 Å². The van der Waals surface area contributed by atoms with Crippen molar-refractivity contribution < 1.29 is 14.3 Å². The molecular formula is C16H13N3O3. The number of aliphatic hydroxyl groups excluding tert-OH is 1. The number of carbonyl (C=O) groups is 1. The second kappa shape index (κ2) is 4.49. The van der Waals surface area contributed by atoms with Crippen molar-refractivity contribution in [3.63, 3.8) is 0 Å². The number of benzene rings is 1. The number of H-pyrrole nitrogens is 1. The summed E-state index contributed by atoms with van der Waals surface area (Å²) in [5.74, 6) is -0.0608. The number of amides is 1. The van der Waals surface area contributed by atoms with Crippen LogP contribution in [0.15, 0.2) is 58.7 Å². The molecule has 6 nitrogen and oxygen atoms in total. The number of aromatic amines is 1. The van der Waals surface area contributed by atoms with E-state index in [4.69, 9.17) is 4.42 Å². The number of anilines is 1. The molecule has 0 fully saturated rings. The molecule has 1 unspecified atom stereocenters. The highest BCUT2D eigenvalue weighted by Gasteiger charge is 2.40. The summed E-state index contributed by atoms with van der Waals surface area (Å²) in [6, 6.07) is 8.59. The summed E-state index contributed by atoms with van der Waals surface area (Å²) in [6.07, 6.45) is 3.16. The Bertz CT molecular complexity index is 892. The number of aliphatic hydroxyl groups is 1. The largest absolute Gasteiger partial charge is 0.503 e. The van der Waals surface area contributed by atoms with Crippen LogP contribution in [0.2, 0.25) is 0 Å². The molecule has 2 N–H and O–H groups in total. The third-order valence-corrected chi connectivity index (χ3v) is 3.96. The van der Waals surface area contributed by atoms with E-state index >= 15 is 0 Å². The minimum atomic E-state index is -0.445. The van der Waals surface area contributed by atoms with Gasteiger partial charge in [-0.1, -0.05) is 0 Å². The Kier molecular flexibility index (Phi) is 2.59. The number of nitrogens with zero attached hydrogens (tertiary/aromatic N) is 2. The maximum atomic E-state index is 12.4. The zero-order valence-corrected chi connectivity index (χ0v) is 11.8. The lowest BCUT2D eigenvalue weighted by Gasteiger charge is -2.24. The first kappa shape index (κ1) is 12.7. The number of hydrogen-bond donors (Lipinski definition) is 2. The van der Waals surface area contributed by atoms with E-state index in [1.807, 2.05) is 18.2 Å². The molecule has 1 amide bonds. The maximum absolute atomic E-state index is 12.4. The van der Waals surface area contributed by atoms with E-state index in [9.17, 15) is 9.90 Å². The highest BCUT2D eigenvalue weighted by molar-refractivity contribution is 6.09. The molecule has 3 heterocycles. The lowest BCUT2D eigenvalue weighted by Crippen LogP contribution is -2.29. The predicted molar refractivity (Wildman–Crippen MR) is 80.4 cm³/mol. The molecule has 1 aliphatic heterocycles. The van der Waals surface area contributed by atoms with Crippen LogP contribution in [0.5, 0.6) is 0 Å². The van der Waals surface area contributed by atoms with Crippen LogP contribution in [-0.4, -0.2) is 21.0 Å². The van der Waals surface area contributed by atoms with Gasteiger partial charge in [-0.05, 0) is 37.3 Å². The number of nitrogens with one attached hydrogen (secondary N) is 1. The number of carbonyl (C=O) groups excluding carboxylic acids is 1. The van der Waals surface area contributed by atoms with Gasteiger partial charge in [-0.3, -0.25) is 9.69 Å². The van der Waals surface area contributed by atoms with Gasteiger partial charge in [-0.25, -0.2) is 4.98 Å². The monoisotopic (exact) mass is 295 g/mol. The summed E-state index contributed by atoms with van der Waals surface area (Å²) >= 11 is 0. The molecule has 3 aromatic rings. The van der Waals surface area contributed by atoms with Crippen LogP contribution >= 0.6 is 0 Å². The van der Waals surface area contributed by atoms with Crippen molar-refractivity contribution in [1.82, 2.24) is 9.97 Å². The number of furan rings is 1. The fourth-order valence-electron chi connectivity index (χ4n) is 2.85. The minimum absolute atomic E-state index is 0.233. The van der Waals surface area contributed by atoms with Crippen molar-refractivity contribution >= 4 is 22.6 Å². The highest BCUT2D eigenvalue weighted by Crippen LogP contribution is 2.40. The van der Waals surface area contributed by atoms with Crippen LogP contribution < -0.4 is 4.90 Å². The Labute approximate surface area is 125 Å². The lowest BCUT2D eigenvalue weighted by molar-refractivity contribution is -0.117. The summed E-state index contributed by atoms with van der Waals surface area (Å²) < 4.78 is 5.45. The normalized spacial score (nSPS) is 18.7. The Morgan fingerprint density at radius 1 is 1.36 bits per heavy atom. The molecule has 0 saturated heterocycles. The van der Waals surface area contributed by atoms with Gasteiger partial charge >= 0.3 is 0 Å². The fraction of sp³-hybridized carbons (Fsp3) is 0.125. The fourth-order valence-corrected chi connectivity index (χ4v) is 2.85. The molecule has 1 aliphatic rings. The zero-order valence-electron chi connectivity index (χ0n) is 11.8. The van der Waals surface area contributed by atoms with E-state index in [-0.39, 0.29) is 5.76 Å². The first-order chi connectivity index (χ1) is 10.7. The average molecular weight is 295 g/mol. The van der Waals surface area contributed by atoms with Gasteiger partial charge in [-0.2, -0.15) is 0 Å². The molecule has 22 heavy (non-hydrogen) atoms. The third-order valence-electron chi connectivity index (χ3n) is 3.96. The molecule has 110 valence electrons. The first-order valence-electron chi connectivity index (χ1n) is 6.86. The van der Waals surface area contributed by atoms with Gasteiger partial charge in [0.25, 0.3) is 5.91 Å². The molecule has 6 heteroatoms. The summed E-state index contributed by atoms with van der Waals surface area (Å²) in [5.41, 5.74) is 2.88. The predicted octanol–water partition coefficient (Wildman–Crippen LogP) is 3.08. The number of imidazole rings is 1. The topological polar surface area (TPSA) is 82.4 Å². The average Bonchev–Trinajstić information content (AvgIpc) is 3.23. The van der Waals surface area contributed by atoms with Crippen LogP contribution in [0.3, 0.4) is 0 Å². The van der Waals surface area contributed by atoms with E-state index in [0.717, 1.165) is 11.0 Å². The van der Waals surface area contributed by atoms with Crippen molar-refractivity contribution in [2.75, 3.05) is 4.90 Å². The second-order valence-electron chi connectivity index (χ2n) is 5.23. The smallest absolute Gasteiger partial charge is 0.294 e. The standard InChI is InChI=1S/C16H13N3O3/c1-9-14(13-3-2-6-22-13)19(16(21)15(9)20)10-4-5-11-12(7-10)18-8-17-11/h2-8,14,20H,1H3,(H,17,18). The van der Waals surface area contributed by atoms with E-state index in [2.05, 4.69) is 9.97 Å². The van der Waals surface area contributed by atoms with Crippen molar-refractivity contribution in [2.24, 2.45) is 0 Å². The van der Waals surface area contributed by atoms with Gasteiger partial charge in [0.2, 0.25) is 0 Å². The molecule has 0 radical (unpaired) electrons. The number of rotatable bonds is 2. The molecule has 1 atom stereocenters. The molecule has 0 bridgehead atoms.